The van der Waals surface area contributed by atoms with Gasteiger partial charge in [0, 0.05) is 19.7 Å². The van der Waals surface area contributed by atoms with Crippen molar-refractivity contribution in [2.45, 2.75) is 31.8 Å². The lowest BCUT2D eigenvalue weighted by molar-refractivity contribution is 0.0532. The fraction of sp³-hybridized carbons (Fsp3) is 0.917. The fourth-order valence-corrected chi connectivity index (χ4v) is 2.58. The van der Waals surface area contributed by atoms with Crippen LogP contribution in [0.4, 0.5) is 4.79 Å². The second-order valence-electron chi connectivity index (χ2n) is 4.91. The van der Waals surface area contributed by atoms with Crippen molar-refractivity contribution in [1.82, 2.24) is 9.80 Å². The molecule has 0 aliphatic carbocycles. The highest BCUT2D eigenvalue weighted by Gasteiger charge is 2.26. The summed E-state index contributed by atoms with van der Waals surface area (Å²) in [5, 5.41) is 8.81. The van der Waals surface area contributed by atoms with Gasteiger partial charge in [0.25, 0.3) is 0 Å². The Kier molecular flexibility index (Phi) is 4.62. The number of nitrogens with zero attached hydrogens (tertiary/aromatic N) is 2. The molecule has 0 spiro atoms. The molecule has 5 nitrogen and oxygen atoms in total. The summed E-state index contributed by atoms with van der Waals surface area (Å²) in [6.07, 6.45) is 3.85. The summed E-state index contributed by atoms with van der Waals surface area (Å²) in [6.45, 7) is 5.50. The minimum Gasteiger partial charge on any atom is -0.465 e. The number of rotatable bonds is 5. The van der Waals surface area contributed by atoms with Crippen LogP contribution in [0, 0.1) is 0 Å². The van der Waals surface area contributed by atoms with Gasteiger partial charge in [-0.05, 0) is 38.8 Å². The average molecular weight is 242 g/mol. The smallest absolute Gasteiger partial charge is 0.407 e. The van der Waals surface area contributed by atoms with Crippen LogP contribution >= 0.6 is 0 Å². The molecule has 2 heterocycles. The van der Waals surface area contributed by atoms with Crippen molar-refractivity contribution < 1.29 is 14.6 Å². The summed E-state index contributed by atoms with van der Waals surface area (Å²) in [5.74, 6) is 0. The van der Waals surface area contributed by atoms with Crippen molar-refractivity contribution in [1.29, 1.82) is 0 Å². The van der Waals surface area contributed by atoms with Crippen LogP contribution in [0.3, 0.4) is 0 Å². The van der Waals surface area contributed by atoms with Crippen LogP contribution in [-0.4, -0.2) is 66.4 Å². The maximum absolute atomic E-state index is 10.7. The quantitative estimate of drug-likeness (QED) is 0.737. The Morgan fingerprint density at radius 3 is 2.71 bits per heavy atom. The van der Waals surface area contributed by atoms with Gasteiger partial charge >= 0.3 is 6.09 Å². The van der Waals surface area contributed by atoms with Crippen LogP contribution in [0.15, 0.2) is 0 Å². The lowest BCUT2D eigenvalue weighted by atomic mass is 10.3. The topological polar surface area (TPSA) is 53.0 Å². The minimum atomic E-state index is -0.826. The average Bonchev–Trinajstić information content (AvgIpc) is 2.96. The van der Waals surface area contributed by atoms with Crippen LogP contribution in [0.5, 0.6) is 0 Å². The predicted octanol–water partition coefficient (Wildman–Crippen LogP) is 1.24. The van der Waals surface area contributed by atoms with Gasteiger partial charge in [-0.25, -0.2) is 4.79 Å². The first-order chi connectivity index (χ1) is 8.25. The van der Waals surface area contributed by atoms with Crippen LogP contribution in [0.1, 0.15) is 25.7 Å². The molecule has 2 rings (SSSR count). The lowest BCUT2D eigenvalue weighted by Gasteiger charge is -2.16. The summed E-state index contributed by atoms with van der Waals surface area (Å²) >= 11 is 0. The molecule has 0 aromatic rings. The van der Waals surface area contributed by atoms with Gasteiger partial charge in [0.1, 0.15) is 0 Å². The summed E-state index contributed by atoms with van der Waals surface area (Å²) in [5.41, 5.74) is 0. The lowest BCUT2D eigenvalue weighted by Crippen LogP contribution is -2.29. The van der Waals surface area contributed by atoms with Gasteiger partial charge < -0.3 is 19.6 Å². The van der Waals surface area contributed by atoms with Gasteiger partial charge in [-0.15, -0.1) is 0 Å². The molecular weight excluding hydrogens is 220 g/mol. The first-order valence-electron chi connectivity index (χ1n) is 6.57. The van der Waals surface area contributed by atoms with Gasteiger partial charge in [-0.3, -0.25) is 0 Å². The predicted molar refractivity (Wildman–Crippen MR) is 64.2 cm³/mol. The Labute approximate surface area is 102 Å². The molecule has 98 valence electrons. The van der Waals surface area contributed by atoms with E-state index in [1.165, 1.54) is 30.8 Å². The molecule has 2 aliphatic rings. The highest BCUT2D eigenvalue weighted by atomic mass is 16.5. The third-order valence-corrected chi connectivity index (χ3v) is 3.59. The first-order valence-corrected chi connectivity index (χ1v) is 6.57. The Morgan fingerprint density at radius 2 is 2.06 bits per heavy atom. The Bertz CT molecular complexity index is 254. The first kappa shape index (κ1) is 12.6. The molecule has 0 aromatic carbocycles. The van der Waals surface area contributed by atoms with E-state index in [1.807, 2.05) is 0 Å². The Hall–Kier alpha value is -0.810. The summed E-state index contributed by atoms with van der Waals surface area (Å²) in [7, 11) is 0. The largest absolute Gasteiger partial charge is 0.465 e. The van der Waals surface area contributed by atoms with Gasteiger partial charge in [0.05, 0.1) is 12.6 Å². The Morgan fingerprint density at radius 1 is 1.29 bits per heavy atom. The second kappa shape index (κ2) is 6.21. The monoisotopic (exact) mass is 242 g/mol. The van der Waals surface area contributed by atoms with E-state index in [9.17, 15) is 4.79 Å². The van der Waals surface area contributed by atoms with Crippen molar-refractivity contribution >= 4 is 6.09 Å². The molecule has 0 radical (unpaired) electrons. The molecule has 5 heteroatoms. The van der Waals surface area contributed by atoms with Crippen LogP contribution < -0.4 is 0 Å². The van der Waals surface area contributed by atoms with Gasteiger partial charge in [-0.1, -0.05) is 0 Å². The SMILES string of the molecule is O=C(O)N1CCC(OCCCN2CCCC2)C1. The zero-order valence-corrected chi connectivity index (χ0v) is 10.3. The molecule has 1 unspecified atom stereocenters. The molecule has 2 aliphatic heterocycles. The van der Waals surface area contributed by atoms with E-state index in [2.05, 4.69) is 4.90 Å². The Balaban J connectivity index is 1.52. The molecule has 2 fully saturated rings. The molecule has 0 bridgehead atoms. The zero-order valence-electron chi connectivity index (χ0n) is 10.3. The summed E-state index contributed by atoms with van der Waals surface area (Å²) < 4.78 is 5.71. The minimum absolute atomic E-state index is 0.115. The van der Waals surface area contributed by atoms with Crippen LogP contribution in [0.25, 0.3) is 0 Å². The van der Waals surface area contributed by atoms with Gasteiger partial charge in [0.2, 0.25) is 0 Å². The highest BCUT2D eigenvalue weighted by Crippen LogP contribution is 2.13. The third kappa shape index (κ3) is 3.85. The number of carboxylic acid groups (broad SMARTS) is 1. The third-order valence-electron chi connectivity index (χ3n) is 3.59. The van der Waals surface area contributed by atoms with E-state index in [0.717, 1.165) is 26.0 Å². The van der Waals surface area contributed by atoms with E-state index in [4.69, 9.17) is 9.84 Å². The van der Waals surface area contributed by atoms with Crippen molar-refractivity contribution in [3.05, 3.63) is 0 Å². The van der Waals surface area contributed by atoms with Gasteiger partial charge in [-0.2, -0.15) is 0 Å². The zero-order chi connectivity index (χ0) is 12.1. The number of amides is 1. The summed E-state index contributed by atoms with van der Waals surface area (Å²) in [6, 6.07) is 0. The second-order valence-corrected chi connectivity index (χ2v) is 4.91. The van der Waals surface area contributed by atoms with Crippen molar-refractivity contribution in [3.63, 3.8) is 0 Å². The molecule has 1 amide bonds. The standard InChI is InChI=1S/C12H22N2O3/c15-12(16)14-8-4-11(10-14)17-9-3-7-13-5-1-2-6-13/h11H,1-10H2,(H,15,16). The normalized spacial score (nSPS) is 25.6. The number of hydrogen-bond acceptors (Lipinski definition) is 3. The van der Waals surface area contributed by atoms with E-state index >= 15 is 0 Å². The number of hydrogen-bond donors (Lipinski definition) is 1. The maximum atomic E-state index is 10.7. The maximum Gasteiger partial charge on any atom is 0.407 e. The van der Waals surface area contributed by atoms with E-state index in [-0.39, 0.29) is 6.10 Å². The fourth-order valence-electron chi connectivity index (χ4n) is 2.58. The van der Waals surface area contributed by atoms with E-state index in [1.54, 1.807) is 0 Å². The van der Waals surface area contributed by atoms with Crippen molar-refractivity contribution in [3.8, 4) is 0 Å². The van der Waals surface area contributed by atoms with Gasteiger partial charge in [0.15, 0.2) is 0 Å². The number of carbonyl (C=O) groups is 1. The van der Waals surface area contributed by atoms with E-state index < -0.39 is 6.09 Å². The summed E-state index contributed by atoms with van der Waals surface area (Å²) in [4.78, 5) is 14.6. The molecular formula is C12H22N2O3. The number of ether oxygens (including phenoxy) is 1. The van der Waals surface area contributed by atoms with Crippen LogP contribution in [0.2, 0.25) is 0 Å². The molecule has 1 atom stereocenters. The molecule has 17 heavy (non-hydrogen) atoms. The molecule has 2 saturated heterocycles. The molecule has 0 aromatic heterocycles. The van der Waals surface area contributed by atoms with Crippen molar-refractivity contribution in [2.75, 3.05) is 39.3 Å². The molecule has 1 N–H and O–H groups in total. The van der Waals surface area contributed by atoms with Crippen molar-refractivity contribution in [2.24, 2.45) is 0 Å². The molecule has 0 saturated carbocycles. The van der Waals surface area contributed by atoms with Crippen LogP contribution in [-0.2, 0) is 4.74 Å². The van der Waals surface area contributed by atoms with E-state index in [0.29, 0.717) is 13.1 Å². The highest BCUT2D eigenvalue weighted by molar-refractivity contribution is 5.65. The number of likely N-dealkylation sites (tertiary alicyclic amines) is 2.